The van der Waals surface area contributed by atoms with E-state index >= 15 is 0 Å². The van der Waals surface area contributed by atoms with Crippen LogP contribution in [0.1, 0.15) is 35.0 Å². The first kappa shape index (κ1) is 15.2. The van der Waals surface area contributed by atoms with E-state index in [4.69, 9.17) is 4.74 Å². The van der Waals surface area contributed by atoms with Gasteiger partial charge >= 0.3 is 0 Å². The van der Waals surface area contributed by atoms with E-state index in [1.807, 2.05) is 0 Å². The number of piperazine rings is 1. The number of hydrogen-bond acceptors (Lipinski definition) is 5. The highest BCUT2D eigenvalue weighted by Crippen LogP contribution is 2.20. The Morgan fingerprint density at radius 1 is 1.29 bits per heavy atom. The van der Waals surface area contributed by atoms with Crippen LogP contribution in [0.2, 0.25) is 0 Å². The molecule has 1 aromatic heterocycles. The first-order valence-electron chi connectivity index (χ1n) is 7.85. The van der Waals surface area contributed by atoms with Crippen molar-refractivity contribution in [3.8, 4) is 0 Å². The number of nitrogens with zero attached hydrogens (tertiary/aromatic N) is 2. The minimum atomic E-state index is 0.176. The summed E-state index contributed by atoms with van der Waals surface area (Å²) in [5, 5.41) is 2.13. The Morgan fingerprint density at radius 2 is 2.00 bits per heavy atom. The Balaban J connectivity index is 1.47. The second kappa shape index (κ2) is 7.01. The molecule has 5 heteroatoms. The maximum atomic E-state index is 11.3. The molecule has 21 heavy (non-hydrogen) atoms. The lowest BCUT2D eigenvalue weighted by Gasteiger charge is -2.40. The van der Waals surface area contributed by atoms with Gasteiger partial charge in [-0.05, 0) is 36.8 Å². The van der Waals surface area contributed by atoms with Gasteiger partial charge in [-0.15, -0.1) is 11.3 Å². The summed E-state index contributed by atoms with van der Waals surface area (Å²) in [4.78, 5) is 17.4. The van der Waals surface area contributed by atoms with Gasteiger partial charge in [0.2, 0.25) is 0 Å². The summed E-state index contributed by atoms with van der Waals surface area (Å²) < 4.78 is 5.45. The molecule has 2 saturated heterocycles. The normalized spacial score (nSPS) is 22.5. The number of rotatable bonds is 4. The van der Waals surface area contributed by atoms with Crippen LogP contribution in [0.4, 0.5) is 0 Å². The van der Waals surface area contributed by atoms with Gasteiger partial charge in [0.05, 0.1) is 4.88 Å². The molecule has 3 heterocycles. The third-order valence-corrected chi connectivity index (χ3v) is 5.60. The summed E-state index contributed by atoms with van der Waals surface area (Å²) in [6, 6.07) is 2.78. The molecule has 1 aromatic rings. The van der Waals surface area contributed by atoms with Crippen LogP contribution < -0.4 is 0 Å². The van der Waals surface area contributed by atoms with Gasteiger partial charge in [0.15, 0.2) is 5.78 Å². The van der Waals surface area contributed by atoms with Crippen molar-refractivity contribution in [2.75, 3.05) is 39.4 Å². The van der Waals surface area contributed by atoms with Crippen LogP contribution >= 0.6 is 11.3 Å². The summed E-state index contributed by atoms with van der Waals surface area (Å²) >= 11 is 1.57. The Hall–Kier alpha value is -0.750. The standard InChI is InChI=1S/C16H24N2O2S/c1-13(19)16-10-14(12-21-16)11-17-4-6-18(7-5-17)15-2-8-20-9-3-15/h10,12,15H,2-9,11H2,1H3. The smallest absolute Gasteiger partial charge is 0.169 e. The van der Waals surface area contributed by atoms with Gasteiger partial charge in [-0.1, -0.05) is 0 Å². The molecule has 2 aliphatic heterocycles. The van der Waals surface area contributed by atoms with Crippen molar-refractivity contribution < 1.29 is 9.53 Å². The second-order valence-electron chi connectivity index (χ2n) is 6.03. The lowest BCUT2D eigenvalue weighted by Crippen LogP contribution is -2.51. The number of hydrogen-bond donors (Lipinski definition) is 0. The molecule has 0 N–H and O–H groups in total. The van der Waals surface area contributed by atoms with E-state index in [1.54, 1.807) is 18.3 Å². The number of ketones is 1. The fraction of sp³-hybridized carbons (Fsp3) is 0.688. The van der Waals surface area contributed by atoms with Crippen LogP contribution in [0.5, 0.6) is 0 Å². The number of carbonyl (C=O) groups is 1. The predicted molar refractivity (Wildman–Crippen MR) is 85.0 cm³/mol. The highest BCUT2D eigenvalue weighted by molar-refractivity contribution is 7.12. The van der Waals surface area contributed by atoms with Crippen LogP contribution in [0, 0.1) is 0 Å². The second-order valence-corrected chi connectivity index (χ2v) is 6.94. The van der Waals surface area contributed by atoms with E-state index in [0.29, 0.717) is 0 Å². The fourth-order valence-corrected chi connectivity index (χ4v) is 4.04. The molecule has 0 radical (unpaired) electrons. The minimum absolute atomic E-state index is 0.176. The SMILES string of the molecule is CC(=O)c1cc(CN2CCN(C3CCOCC3)CC2)cs1. The van der Waals surface area contributed by atoms with Crippen LogP contribution in [0.3, 0.4) is 0 Å². The molecule has 3 rings (SSSR count). The first-order valence-corrected chi connectivity index (χ1v) is 8.73. The molecule has 0 saturated carbocycles. The van der Waals surface area contributed by atoms with Gasteiger partial charge in [0.1, 0.15) is 0 Å². The Morgan fingerprint density at radius 3 is 2.62 bits per heavy atom. The van der Waals surface area contributed by atoms with Crippen LogP contribution in [0.15, 0.2) is 11.4 Å². The third-order valence-electron chi connectivity index (χ3n) is 4.52. The van der Waals surface area contributed by atoms with Crippen LogP contribution in [-0.4, -0.2) is 61.0 Å². The minimum Gasteiger partial charge on any atom is -0.381 e. The number of Topliss-reactive ketones (excluding diaryl/α,β-unsaturated/α-hetero) is 1. The molecule has 2 fully saturated rings. The summed E-state index contributed by atoms with van der Waals surface area (Å²) in [6.07, 6.45) is 2.37. The summed E-state index contributed by atoms with van der Waals surface area (Å²) in [7, 11) is 0. The molecule has 0 aromatic carbocycles. The highest BCUT2D eigenvalue weighted by Gasteiger charge is 2.25. The zero-order valence-corrected chi connectivity index (χ0v) is 13.5. The van der Waals surface area contributed by atoms with Gasteiger partial charge < -0.3 is 4.74 Å². The molecular weight excluding hydrogens is 284 g/mol. The van der Waals surface area contributed by atoms with Gasteiger partial charge in [0, 0.05) is 52.0 Å². The van der Waals surface area contributed by atoms with Crippen molar-refractivity contribution >= 4 is 17.1 Å². The van der Waals surface area contributed by atoms with Crippen molar-refractivity contribution in [3.05, 3.63) is 21.9 Å². The monoisotopic (exact) mass is 308 g/mol. The molecular formula is C16H24N2O2S. The van der Waals surface area contributed by atoms with Crippen molar-refractivity contribution in [1.29, 1.82) is 0 Å². The van der Waals surface area contributed by atoms with Gasteiger partial charge in [-0.3, -0.25) is 14.6 Å². The Kier molecular flexibility index (Phi) is 5.06. The third kappa shape index (κ3) is 3.92. The molecule has 0 spiro atoms. The van der Waals surface area contributed by atoms with E-state index < -0.39 is 0 Å². The molecule has 2 aliphatic rings. The molecule has 116 valence electrons. The highest BCUT2D eigenvalue weighted by atomic mass is 32.1. The zero-order valence-electron chi connectivity index (χ0n) is 12.7. The molecule has 0 bridgehead atoms. The van der Waals surface area contributed by atoms with Gasteiger partial charge in [-0.2, -0.15) is 0 Å². The number of thiophene rings is 1. The molecule has 0 aliphatic carbocycles. The maximum absolute atomic E-state index is 11.3. The van der Waals surface area contributed by atoms with E-state index in [1.165, 1.54) is 18.4 Å². The van der Waals surface area contributed by atoms with E-state index in [2.05, 4.69) is 21.2 Å². The summed E-state index contributed by atoms with van der Waals surface area (Å²) in [5.74, 6) is 0.176. The van der Waals surface area contributed by atoms with E-state index in [-0.39, 0.29) is 5.78 Å². The predicted octanol–water partition coefficient (Wildman–Crippen LogP) is 2.25. The number of carbonyl (C=O) groups excluding carboxylic acids is 1. The zero-order chi connectivity index (χ0) is 14.7. The lowest BCUT2D eigenvalue weighted by atomic mass is 10.1. The van der Waals surface area contributed by atoms with Crippen molar-refractivity contribution in [2.24, 2.45) is 0 Å². The van der Waals surface area contributed by atoms with Crippen LogP contribution in [0.25, 0.3) is 0 Å². The van der Waals surface area contributed by atoms with Crippen molar-refractivity contribution in [1.82, 2.24) is 9.80 Å². The first-order chi connectivity index (χ1) is 10.2. The Labute approximate surface area is 130 Å². The Bertz CT molecular complexity index is 474. The average Bonchev–Trinajstić information content (AvgIpc) is 2.98. The van der Waals surface area contributed by atoms with Crippen molar-refractivity contribution in [2.45, 2.75) is 32.4 Å². The molecule has 0 atom stereocenters. The molecule has 4 nitrogen and oxygen atoms in total. The molecule has 0 amide bonds. The van der Waals surface area contributed by atoms with E-state index in [0.717, 1.165) is 56.9 Å². The van der Waals surface area contributed by atoms with E-state index in [9.17, 15) is 4.79 Å². The maximum Gasteiger partial charge on any atom is 0.169 e. The largest absolute Gasteiger partial charge is 0.381 e. The summed E-state index contributed by atoms with van der Waals surface area (Å²) in [6.45, 7) is 9.04. The molecule has 0 unspecified atom stereocenters. The topological polar surface area (TPSA) is 32.8 Å². The number of ether oxygens (including phenoxy) is 1. The lowest BCUT2D eigenvalue weighted by molar-refractivity contribution is 0.0126. The fourth-order valence-electron chi connectivity index (χ4n) is 3.24. The summed E-state index contributed by atoms with van der Waals surface area (Å²) in [5.41, 5.74) is 1.28. The van der Waals surface area contributed by atoms with Crippen molar-refractivity contribution in [3.63, 3.8) is 0 Å². The average molecular weight is 308 g/mol. The van der Waals surface area contributed by atoms with Gasteiger partial charge in [-0.25, -0.2) is 0 Å². The van der Waals surface area contributed by atoms with Gasteiger partial charge in [0.25, 0.3) is 0 Å². The quantitative estimate of drug-likeness (QED) is 0.799. The van der Waals surface area contributed by atoms with Crippen LogP contribution in [-0.2, 0) is 11.3 Å².